The van der Waals surface area contributed by atoms with Crippen molar-refractivity contribution in [3.63, 3.8) is 0 Å². The number of H-pyrrole nitrogens is 1. The van der Waals surface area contributed by atoms with Gasteiger partial charge in [0.15, 0.2) is 6.29 Å². The van der Waals surface area contributed by atoms with Crippen LogP contribution < -0.4 is 0 Å². The Hall–Kier alpha value is -2.24. The van der Waals surface area contributed by atoms with E-state index < -0.39 is 4.92 Å². The highest BCUT2D eigenvalue weighted by Gasteiger charge is 2.11. The molecule has 70 valence electrons. The maximum Gasteiger partial charge on any atom is 0.272 e. The summed E-state index contributed by atoms with van der Waals surface area (Å²) in [5.41, 5.74) is 0.633. The summed E-state index contributed by atoms with van der Waals surface area (Å²) in [6, 6.07) is 2.57. The highest BCUT2D eigenvalue weighted by Crippen LogP contribution is 2.22. The van der Waals surface area contributed by atoms with Crippen LogP contribution in [0, 0.1) is 10.1 Å². The monoisotopic (exact) mass is 191 g/mol. The number of nitro groups is 1. The van der Waals surface area contributed by atoms with Crippen molar-refractivity contribution in [1.82, 2.24) is 10.2 Å². The molecule has 0 radical (unpaired) electrons. The topological polar surface area (TPSA) is 88.9 Å². The molecule has 0 bridgehead atoms. The number of hydrogen-bond acceptors (Lipinski definition) is 4. The molecule has 0 saturated carbocycles. The van der Waals surface area contributed by atoms with E-state index in [4.69, 9.17) is 0 Å². The number of nitrogens with one attached hydrogen (secondary N) is 1. The van der Waals surface area contributed by atoms with Gasteiger partial charge in [-0.2, -0.15) is 5.10 Å². The Labute approximate surface area is 77.7 Å². The molecule has 6 heteroatoms. The molecule has 0 aliphatic carbocycles. The summed E-state index contributed by atoms with van der Waals surface area (Å²) in [4.78, 5) is 20.6. The number of aromatic nitrogens is 2. The van der Waals surface area contributed by atoms with Crippen molar-refractivity contribution in [3.8, 4) is 0 Å². The first kappa shape index (κ1) is 8.36. The van der Waals surface area contributed by atoms with Gasteiger partial charge in [-0.15, -0.1) is 0 Å². The molecule has 2 aromatic rings. The van der Waals surface area contributed by atoms with Crippen LogP contribution in [0.3, 0.4) is 0 Å². The summed E-state index contributed by atoms with van der Waals surface area (Å²) in [6.07, 6.45) is 2.04. The van der Waals surface area contributed by atoms with Gasteiger partial charge in [0.25, 0.3) is 5.69 Å². The first-order valence-electron chi connectivity index (χ1n) is 3.79. The maximum atomic E-state index is 10.6. The largest absolute Gasteiger partial charge is 0.298 e. The fraction of sp³-hybridized carbons (Fsp3) is 0. The summed E-state index contributed by atoms with van der Waals surface area (Å²) < 4.78 is 0. The Morgan fingerprint density at radius 2 is 2.29 bits per heavy atom. The van der Waals surface area contributed by atoms with Crippen molar-refractivity contribution in [2.45, 2.75) is 0 Å². The van der Waals surface area contributed by atoms with Crippen LogP contribution in [-0.2, 0) is 0 Å². The quantitative estimate of drug-likeness (QED) is 0.440. The van der Waals surface area contributed by atoms with E-state index in [0.29, 0.717) is 17.2 Å². The van der Waals surface area contributed by atoms with Gasteiger partial charge in [0.1, 0.15) is 0 Å². The molecule has 0 fully saturated rings. The second-order valence-corrected chi connectivity index (χ2v) is 2.74. The second kappa shape index (κ2) is 2.91. The van der Waals surface area contributed by atoms with Gasteiger partial charge in [0.2, 0.25) is 0 Å². The van der Waals surface area contributed by atoms with Gasteiger partial charge in [-0.3, -0.25) is 20.0 Å². The Morgan fingerprint density at radius 3 is 2.93 bits per heavy atom. The lowest BCUT2D eigenvalue weighted by Crippen LogP contribution is -1.90. The van der Waals surface area contributed by atoms with E-state index in [1.54, 1.807) is 0 Å². The zero-order valence-corrected chi connectivity index (χ0v) is 6.93. The van der Waals surface area contributed by atoms with Crippen molar-refractivity contribution >= 4 is 22.9 Å². The molecule has 0 spiro atoms. The Kier molecular flexibility index (Phi) is 1.74. The molecule has 1 aromatic heterocycles. The van der Waals surface area contributed by atoms with Crippen molar-refractivity contribution in [2.75, 3.05) is 0 Å². The number of aldehydes is 1. The van der Waals surface area contributed by atoms with Crippen LogP contribution in [0.1, 0.15) is 10.4 Å². The summed E-state index contributed by atoms with van der Waals surface area (Å²) in [5.74, 6) is 0. The summed E-state index contributed by atoms with van der Waals surface area (Å²) in [7, 11) is 0. The van der Waals surface area contributed by atoms with Crippen LogP contribution in [0.2, 0.25) is 0 Å². The predicted octanol–water partition coefficient (Wildman–Crippen LogP) is 1.28. The fourth-order valence-electron chi connectivity index (χ4n) is 1.27. The van der Waals surface area contributed by atoms with Gasteiger partial charge in [-0.05, 0) is 0 Å². The number of non-ortho nitro benzene ring substituents is 1. The molecule has 0 amide bonds. The number of nitrogens with zero attached hydrogens (tertiary/aromatic N) is 2. The van der Waals surface area contributed by atoms with Gasteiger partial charge in [-0.25, -0.2) is 0 Å². The number of benzene rings is 1. The average Bonchev–Trinajstić information content (AvgIpc) is 2.63. The van der Waals surface area contributed by atoms with Gasteiger partial charge in [0.05, 0.1) is 16.6 Å². The Balaban J connectivity index is 2.79. The Morgan fingerprint density at radius 1 is 1.50 bits per heavy atom. The van der Waals surface area contributed by atoms with Gasteiger partial charge >= 0.3 is 0 Å². The third-order valence-corrected chi connectivity index (χ3v) is 1.91. The zero-order chi connectivity index (χ0) is 10.1. The Bertz CT molecular complexity index is 518. The smallest absolute Gasteiger partial charge is 0.272 e. The summed E-state index contributed by atoms with van der Waals surface area (Å²) in [5, 5.41) is 17.4. The molecule has 2 rings (SSSR count). The first-order chi connectivity index (χ1) is 6.72. The molecule has 0 unspecified atom stereocenters. The molecule has 0 aliphatic heterocycles. The summed E-state index contributed by atoms with van der Waals surface area (Å²) >= 11 is 0. The van der Waals surface area contributed by atoms with Crippen LogP contribution in [0.4, 0.5) is 5.69 Å². The minimum Gasteiger partial charge on any atom is -0.298 e. The lowest BCUT2D eigenvalue weighted by Gasteiger charge is -1.94. The second-order valence-electron chi connectivity index (χ2n) is 2.74. The fourth-order valence-corrected chi connectivity index (χ4v) is 1.27. The van der Waals surface area contributed by atoms with E-state index >= 15 is 0 Å². The highest BCUT2D eigenvalue weighted by molar-refractivity contribution is 5.97. The third kappa shape index (κ3) is 1.13. The van der Waals surface area contributed by atoms with Gasteiger partial charge in [-0.1, -0.05) is 0 Å². The van der Waals surface area contributed by atoms with Gasteiger partial charge < -0.3 is 0 Å². The molecule has 0 atom stereocenters. The molecule has 1 aromatic carbocycles. The average molecular weight is 191 g/mol. The standard InChI is InChI=1S/C8H5N3O3/c12-4-5-1-6(11(13)14)2-8-7(5)3-9-10-8/h1-4H,(H,9,10). The maximum absolute atomic E-state index is 10.6. The third-order valence-electron chi connectivity index (χ3n) is 1.91. The lowest BCUT2D eigenvalue weighted by atomic mass is 10.1. The van der Waals surface area contributed by atoms with Crippen molar-refractivity contribution in [1.29, 1.82) is 0 Å². The number of carbonyl (C=O) groups excluding carboxylic acids is 1. The zero-order valence-electron chi connectivity index (χ0n) is 6.93. The minimum absolute atomic E-state index is 0.121. The molecule has 1 heterocycles. The van der Waals surface area contributed by atoms with Crippen LogP contribution >= 0.6 is 0 Å². The van der Waals surface area contributed by atoms with E-state index in [1.807, 2.05) is 0 Å². The minimum atomic E-state index is -0.548. The first-order valence-corrected chi connectivity index (χ1v) is 3.79. The normalized spacial score (nSPS) is 10.3. The van der Waals surface area contributed by atoms with Crippen LogP contribution in [0.25, 0.3) is 10.9 Å². The van der Waals surface area contributed by atoms with Crippen molar-refractivity contribution < 1.29 is 9.72 Å². The van der Waals surface area contributed by atoms with Crippen LogP contribution in [-0.4, -0.2) is 21.4 Å². The van der Waals surface area contributed by atoms with E-state index in [1.165, 1.54) is 18.3 Å². The van der Waals surface area contributed by atoms with E-state index in [-0.39, 0.29) is 11.3 Å². The number of rotatable bonds is 2. The van der Waals surface area contributed by atoms with E-state index in [0.717, 1.165) is 0 Å². The molecule has 14 heavy (non-hydrogen) atoms. The number of aromatic amines is 1. The SMILES string of the molecule is O=Cc1cc([N+](=O)[O-])cc2[nH]ncc12. The lowest BCUT2D eigenvalue weighted by molar-refractivity contribution is -0.384. The van der Waals surface area contributed by atoms with E-state index in [9.17, 15) is 14.9 Å². The van der Waals surface area contributed by atoms with Crippen LogP contribution in [0.5, 0.6) is 0 Å². The number of carbonyl (C=O) groups is 1. The number of fused-ring (bicyclic) bond motifs is 1. The van der Waals surface area contributed by atoms with E-state index in [2.05, 4.69) is 10.2 Å². The summed E-state index contributed by atoms with van der Waals surface area (Å²) in [6.45, 7) is 0. The molecule has 0 aliphatic rings. The molecule has 0 saturated heterocycles. The molecular weight excluding hydrogens is 186 g/mol. The molecule has 6 nitrogen and oxygen atoms in total. The van der Waals surface area contributed by atoms with Gasteiger partial charge in [0, 0.05) is 23.1 Å². The van der Waals surface area contributed by atoms with Crippen molar-refractivity contribution in [3.05, 3.63) is 34.0 Å². The number of nitro benzene ring substituents is 1. The predicted molar refractivity (Wildman–Crippen MR) is 48.1 cm³/mol. The molecular formula is C8H5N3O3. The highest BCUT2D eigenvalue weighted by atomic mass is 16.6. The van der Waals surface area contributed by atoms with Crippen LogP contribution in [0.15, 0.2) is 18.3 Å². The molecule has 1 N–H and O–H groups in total. The number of hydrogen-bond donors (Lipinski definition) is 1. The van der Waals surface area contributed by atoms with Crippen molar-refractivity contribution in [2.24, 2.45) is 0 Å².